The normalized spacial score (nSPS) is 18.7. The molecule has 0 aromatic heterocycles. The predicted molar refractivity (Wildman–Crippen MR) is 79.3 cm³/mol. The van der Waals surface area contributed by atoms with Gasteiger partial charge in [-0.25, -0.2) is 0 Å². The third-order valence-electron chi connectivity index (χ3n) is 4.19. The van der Waals surface area contributed by atoms with Gasteiger partial charge in [-0.05, 0) is 0 Å². The molecule has 104 valence electrons. The summed E-state index contributed by atoms with van der Waals surface area (Å²) < 4.78 is 8.06. The van der Waals surface area contributed by atoms with Gasteiger partial charge >= 0.3 is 123 Å². The fourth-order valence-corrected chi connectivity index (χ4v) is 16.2. The Labute approximate surface area is 123 Å². The van der Waals surface area contributed by atoms with Crippen molar-refractivity contribution in [2.45, 2.75) is 3.63 Å². The molecule has 1 aromatic carbocycles. The first-order valence-electron chi connectivity index (χ1n) is 6.71. The van der Waals surface area contributed by atoms with Crippen LogP contribution in [0.4, 0.5) is 0 Å². The summed E-state index contributed by atoms with van der Waals surface area (Å²) in [5, 5.41) is 0. The third kappa shape index (κ3) is 2.29. The van der Waals surface area contributed by atoms with Gasteiger partial charge in [0.15, 0.2) is 0 Å². The second-order valence-corrected chi connectivity index (χ2v) is 17.3. The average molecular weight is 339 g/mol. The van der Waals surface area contributed by atoms with E-state index in [1.54, 1.807) is 0 Å². The van der Waals surface area contributed by atoms with Crippen molar-refractivity contribution in [1.82, 2.24) is 8.53 Å². The summed E-state index contributed by atoms with van der Waals surface area (Å²) >= 11 is -2.84. The number of fused-ring (bicyclic) bond motifs is 1. The van der Waals surface area contributed by atoms with Crippen LogP contribution in [0.5, 0.6) is 0 Å². The Bertz CT molecular complexity index is 458. The number of hydrogen-bond acceptors (Lipinski definition) is 3. The summed E-state index contributed by atoms with van der Waals surface area (Å²) in [6.45, 7) is 0. The quantitative estimate of drug-likeness (QED) is 0.834. The zero-order chi connectivity index (χ0) is 14.2. The van der Waals surface area contributed by atoms with Crippen molar-refractivity contribution in [3.8, 4) is 0 Å². The molecule has 1 aliphatic carbocycles. The van der Waals surface area contributed by atoms with E-state index in [1.165, 1.54) is 11.1 Å². The van der Waals surface area contributed by atoms with Gasteiger partial charge in [0.1, 0.15) is 0 Å². The molecular weight excluding hydrogens is 313 g/mol. The van der Waals surface area contributed by atoms with Crippen LogP contribution < -0.4 is 0 Å². The van der Waals surface area contributed by atoms with Crippen molar-refractivity contribution in [3.05, 3.63) is 41.5 Å². The van der Waals surface area contributed by atoms with Gasteiger partial charge in [0.05, 0.1) is 0 Å². The minimum atomic E-state index is -2.84. The minimum absolute atomic E-state index is 0.547. The topological polar surface area (TPSA) is 9.72 Å². The fraction of sp³-hybridized carbons (Fsp3) is 0.467. The van der Waals surface area contributed by atoms with Gasteiger partial charge in [-0.3, -0.25) is 0 Å². The molecule has 0 aliphatic heterocycles. The molecule has 2 rings (SSSR count). The van der Waals surface area contributed by atoms with Crippen LogP contribution in [0.15, 0.2) is 30.3 Å². The van der Waals surface area contributed by atoms with Crippen LogP contribution in [0, 0.1) is 0 Å². The molecule has 0 bridgehead atoms. The number of rotatable bonds is 4. The summed E-state index contributed by atoms with van der Waals surface area (Å²) in [4.78, 5) is 0. The van der Waals surface area contributed by atoms with Crippen LogP contribution in [0.1, 0.15) is 14.8 Å². The Morgan fingerprint density at radius 1 is 0.842 bits per heavy atom. The van der Waals surface area contributed by atoms with Crippen LogP contribution in [0.3, 0.4) is 0 Å². The molecule has 0 spiro atoms. The van der Waals surface area contributed by atoms with Crippen LogP contribution in [-0.2, 0) is 21.1 Å². The van der Waals surface area contributed by atoms with Crippen molar-refractivity contribution in [1.29, 1.82) is 0 Å². The van der Waals surface area contributed by atoms with Crippen molar-refractivity contribution in [2.75, 3.05) is 42.3 Å². The summed E-state index contributed by atoms with van der Waals surface area (Å²) in [5.41, 5.74) is 2.88. The van der Waals surface area contributed by atoms with E-state index in [-0.39, 0.29) is 0 Å². The fourth-order valence-electron chi connectivity index (χ4n) is 3.62. The van der Waals surface area contributed by atoms with E-state index in [0.717, 1.165) is 0 Å². The third-order valence-corrected chi connectivity index (χ3v) is 17.2. The Kier molecular flexibility index (Phi) is 4.46. The molecule has 0 fully saturated rings. The van der Waals surface area contributed by atoms with Crippen LogP contribution >= 0.6 is 0 Å². The van der Waals surface area contributed by atoms with Gasteiger partial charge < -0.3 is 0 Å². The van der Waals surface area contributed by atoms with E-state index in [0.29, 0.717) is 3.63 Å². The van der Waals surface area contributed by atoms with Gasteiger partial charge in [-0.15, -0.1) is 0 Å². The standard InChI is InChI=1S/C9H7.3C2H6N.Zr/c1-2-5-9-7-3-6-8(9)4-1;3*1-3-2;/h1-7H;3*1-2H3;/q;3*-1;+3. The molecule has 1 aliphatic rings. The molecule has 0 heterocycles. The van der Waals surface area contributed by atoms with Crippen LogP contribution in [-0.4, -0.2) is 50.8 Å². The maximum atomic E-state index is 2.51. The molecule has 1 atom stereocenters. The number of nitrogens with zero attached hydrogens (tertiary/aromatic N) is 3. The Balaban J connectivity index is 2.56. The molecule has 19 heavy (non-hydrogen) atoms. The molecule has 0 saturated carbocycles. The number of hydrogen-bond donors (Lipinski definition) is 0. The van der Waals surface area contributed by atoms with Crippen molar-refractivity contribution in [3.63, 3.8) is 0 Å². The van der Waals surface area contributed by atoms with Gasteiger partial charge in [-0.1, -0.05) is 0 Å². The van der Waals surface area contributed by atoms with E-state index >= 15 is 0 Å². The molecule has 3 nitrogen and oxygen atoms in total. The molecule has 0 amide bonds. The van der Waals surface area contributed by atoms with Crippen molar-refractivity contribution >= 4 is 6.08 Å². The van der Waals surface area contributed by atoms with Gasteiger partial charge in [0.2, 0.25) is 0 Å². The second-order valence-electron chi connectivity index (χ2n) is 5.84. The summed E-state index contributed by atoms with van der Waals surface area (Å²) in [5.74, 6) is 0. The van der Waals surface area contributed by atoms with Crippen LogP contribution in [0.25, 0.3) is 6.08 Å². The SMILES string of the molecule is C[N](C)[Zr]([CH]1C=Cc2ccccc21)([N](C)C)[N](C)C. The first-order valence-corrected chi connectivity index (χ1v) is 11.4. The molecule has 1 unspecified atom stereocenters. The van der Waals surface area contributed by atoms with E-state index in [1.807, 2.05) is 0 Å². The average Bonchev–Trinajstić information content (AvgIpc) is 2.73. The zero-order valence-corrected chi connectivity index (χ0v) is 15.3. The van der Waals surface area contributed by atoms with Gasteiger partial charge in [-0.2, -0.15) is 0 Å². The molecule has 4 heteroatoms. The summed E-state index contributed by atoms with van der Waals surface area (Å²) in [7, 11) is 13.4. The molecule has 1 aromatic rings. The van der Waals surface area contributed by atoms with Crippen molar-refractivity contribution in [2.24, 2.45) is 0 Å². The summed E-state index contributed by atoms with van der Waals surface area (Å²) in [6.07, 6.45) is 4.71. The Hall–Kier alpha value is -0.277. The predicted octanol–water partition coefficient (Wildman–Crippen LogP) is 2.34. The zero-order valence-electron chi connectivity index (χ0n) is 12.9. The van der Waals surface area contributed by atoms with Crippen molar-refractivity contribution < 1.29 is 21.1 Å². The summed E-state index contributed by atoms with van der Waals surface area (Å²) in [6, 6.07) is 8.81. The molecule has 0 N–H and O–H groups in total. The van der Waals surface area contributed by atoms with Crippen LogP contribution in [0.2, 0.25) is 0 Å². The Morgan fingerprint density at radius 2 is 1.37 bits per heavy atom. The first kappa shape index (κ1) is 15.1. The molecular formula is C15H25N3Zr. The van der Waals surface area contributed by atoms with E-state index in [4.69, 9.17) is 0 Å². The molecule has 0 saturated heterocycles. The first-order chi connectivity index (χ1) is 8.92. The van der Waals surface area contributed by atoms with Gasteiger partial charge in [0, 0.05) is 0 Å². The maximum absolute atomic E-state index is 2.84. The number of allylic oxidation sites excluding steroid dienone is 1. The number of benzene rings is 1. The van der Waals surface area contributed by atoms with E-state index in [2.05, 4.69) is 87.2 Å². The van der Waals surface area contributed by atoms with Gasteiger partial charge in [0.25, 0.3) is 0 Å². The van der Waals surface area contributed by atoms with E-state index in [9.17, 15) is 0 Å². The monoisotopic (exact) mass is 337 g/mol. The second kappa shape index (κ2) is 5.61. The van der Waals surface area contributed by atoms with E-state index < -0.39 is 21.1 Å². The Morgan fingerprint density at radius 3 is 1.89 bits per heavy atom. The molecule has 0 radical (unpaired) electrons.